The maximum Gasteiger partial charge on any atom is 0.416 e. The standard InChI is InChI=1S/C26H21F3N2O4/c1-15-12-21(16(2)31(15)20-11-7-10-19(13-20)26(27,28)29)22(32)14-34-25(33)23-17(3)35-30-24(23)18-8-5-4-6-9-18/h4-13H,14H2,1-3H3. The molecule has 0 amide bonds. The number of hydrogen-bond donors (Lipinski definition) is 0. The lowest BCUT2D eigenvalue weighted by molar-refractivity contribution is -0.137. The Morgan fingerprint density at radius 3 is 2.40 bits per heavy atom. The van der Waals surface area contributed by atoms with Crippen molar-refractivity contribution in [3.05, 3.63) is 94.5 Å². The maximum absolute atomic E-state index is 13.2. The van der Waals surface area contributed by atoms with Gasteiger partial charge in [0.25, 0.3) is 0 Å². The van der Waals surface area contributed by atoms with Crippen molar-refractivity contribution in [2.45, 2.75) is 26.9 Å². The van der Waals surface area contributed by atoms with E-state index in [1.54, 1.807) is 55.7 Å². The smallest absolute Gasteiger partial charge is 0.416 e. The van der Waals surface area contributed by atoms with Crippen LogP contribution in [0.25, 0.3) is 16.9 Å². The van der Waals surface area contributed by atoms with Crippen molar-refractivity contribution in [3.8, 4) is 16.9 Å². The Morgan fingerprint density at radius 2 is 1.71 bits per heavy atom. The fraction of sp³-hybridized carbons (Fsp3) is 0.192. The third-order valence-electron chi connectivity index (χ3n) is 5.61. The predicted molar refractivity (Wildman–Crippen MR) is 122 cm³/mol. The molecular weight excluding hydrogens is 461 g/mol. The average molecular weight is 482 g/mol. The number of aromatic nitrogens is 2. The van der Waals surface area contributed by atoms with Crippen molar-refractivity contribution in [1.29, 1.82) is 0 Å². The Bertz CT molecular complexity index is 1400. The molecule has 0 unspecified atom stereocenters. The number of Topliss-reactive ketones (excluding diaryl/α,β-unsaturated/α-hetero) is 1. The molecule has 9 heteroatoms. The highest BCUT2D eigenvalue weighted by atomic mass is 19.4. The molecule has 0 aliphatic heterocycles. The van der Waals surface area contributed by atoms with Crippen LogP contribution in [0.2, 0.25) is 0 Å². The molecule has 35 heavy (non-hydrogen) atoms. The van der Waals surface area contributed by atoms with Crippen LogP contribution in [0.15, 0.2) is 65.2 Å². The molecule has 0 radical (unpaired) electrons. The molecule has 0 bridgehead atoms. The second-order valence-electron chi connectivity index (χ2n) is 8.00. The Balaban J connectivity index is 1.55. The minimum absolute atomic E-state index is 0.124. The van der Waals surface area contributed by atoms with Crippen LogP contribution in [-0.4, -0.2) is 28.1 Å². The van der Waals surface area contributed by atoms with Crippen LogP contribution < -0.4 is 0 Å². The molecule has 2 aromatic carbocycles. The van der Waals surface area contributed by atoms with Gasteiger partial charge in [0.15, 0.2) is 6.61 Å². The third kappa shape index (κ3) is 4.75. The van der Waals surface area contributed by atoms with E-state index in [4.69, 9.17) is 9.26 Å². The van der Waals surface area contributed by atoms with Gasteiger partial charge >= 0.3 is 12.1 Å². The number of esters is 1. The van der Waals surface area contributed by atoms with Gasteiger partial charge in [-0.1, -0.05) is 41.6 Å². The van der Waals surface area contributed by atoms with E-state index in [9.17, 15) is 22.8 Å². The van der Waals surface area contributed by atoms with Crippen LogP contribution in [0.4, 0.5) is 13.2 Å². The van der Waals surface area contributed by atoms with Gasteiger partial charge in [-0.2, -0.15) is 13.2 Å². The van der Waals surface area contributed by atoms with Gasteiger partial charge in [-0.05, 0) is 45.0 Å². The number of ether oxygens (including phenoxy) is 1. The van der Waals surface area contributed by atoms with Crippen LogP contribution in [0.1, 0.15) is 43.4 Å². The normalized spacial score (nSPS) is 11.5. The number of ketones is 1. The number of rotatable bonds is 6. The summed E-state index contributed by atoms with van der Waals surface area (Å²) in [5.74, 6) is -0.994. The molecule has 0 aliphatic carbocycles. The molecule has 2 heterocycles. The molecule has 0 saturated carbocycles. The highest BCUT2D eigenvalue weighted by Gasteiger charge is 2.31. The molecule has 0 N–H and O–H groups in total. The van der Waals surface area contributed by atoms with Gasteiger partial charge in [-0.3, -0.25) is 4.79 Å². The first-order valence-corrected chi connectivity index (χ1v) is 10.7. The molecule has 6 nitrogen and oxygen atoms in total. The number of hydrogen-bond acceptors (Lipinski definition) is 5. The lowest BCUT2D eigenvalue weighted by Gasteiger charge is -2.13. The zero-order valence-corrected chi connectivity index (χ0v) is 19.1. The van der Waals surface area contributed by atoms with Gasteiger partial charge in [0.05, 0.1) is 5.56 Å². The average Bonchev–Trinajstić information content (AvgIpc) is 3.36. The fourth-order valence-corrected chi connectivity index (χ4v) is 3.95. The van der Waals surface area contributed by atoms with Crippen LogP contribution in [0, 0.1) is 20.8 Å². The lowest BCUT2D eigenvalue weighted by Crippen LogP contribution is -2.16. The summed E-state index contributed by atoms with van der Waals surface area (Å²) in [7, 11) is 0. The van der Waals surface area contributed by atoms with Crippen molar-refractivity contribution >= 4 is 11.8 Å². The molecule has 0 atom stereocenters. The molecule has 180 valence electrons. The maximum atomic E-state index is 13.2. The first-order valence-electron chi connectivity index (χ1n) is 10.7. The number of benzene rings is 2. The van der Waals surface area contributed by atoms with Crippen molar-refractivity contribution in [1.82, 2.24) is 9.72 Å². The second kappa shape index (κ2) is 9.25. The summed E-state index contributed by atoms with van der Waals surface area (Å²) >= 11 is 0. The van der Waals surface area contributed by atoms with Gasteiger partial charge in [0.2, 0.25) is 5.78 Å². The summed E-state index contributed by atoms with van der Waals surface area (Å²) in [5, 5.41) is 3.94. The summed E-state index contributed by atoms with van der Waals surface area (Å²) in [6.45, 7) is 4.33. The van der Waals surface area contributed by atoms with Crippen molar-refractivity contribution in [2.24, 2.45) is 0 Å². The molecule has 0 aliphatic rings. The molecule has 0 fully saturated rings. The van der Waals surface area contributed by atoms with Gasteiger partial charge in [0, 0.05) is 28.2 Å². The van der Waals surface area contributed by atoms with E-state index in [0.717, 1.165) is 12.1 Å². The Hall–Kier alpha value is -4.14. The molecule has 4 aromatic rings. The van der Waals surface area contributed by atoms with E-state index in [1.807, 2.05) is 6.07 Å². The predicted octanol–water partition coefficient (Wildman–Crippen LogP) is 6.12. The van der Waals surface area contributed by atoms with Gasteiger partial charge < -0.3 is 13.8 Å². The third-order valence-corrected chi connectivity index (χ3v) is 5.61. The number of carbonyl (C=O) groups excluding carboxylic acids is 2. The van der Waals surface area contributed by atoms with E-state index < -0.39 is 30.1 Å². The van der Waals surface area contributed by atoms with E-state index in [1.165, 1.54) is 12.1 Å². The lowest BCUT2D eigenvalue weighted by atomic mass is 10.1. The van der Waals surface area contributed by atoms with Crippen molar-refractivity contribution in [2.75, 3.05) is 6.61 Å². The summed E-state index contributed by atoms with van der Waals surface area (Å²) < 4.78 is 51.5. The van der Waals surface area contributed by atoms with Gasteiger partial charge in [-0.25, -0.2) is 4.79 Å². The first kappa shape index (κ1) is 24.0. The topological polar surface area (TPSA) is 74.3 Å². The van der Waals surface area contributed by atoms with Crippen LogP contribution >= 0.6 is 0 Å². The van der Waals surface area contributed by atoms with Crippen LogP contribution in [-0.2, 0) is 10.9 Å². The first-order chi connectivity index (χ1) is 16.6. The Morgan fingerprint density at radius 1 is 1.00 bits per heavy atom. The summed E-state index contributed by atoms with van der Waals surface area (Å²) in [6, 6.07) is 15.3. The SMILES string of the molecule is Cc1onc(-c2ccccc2)c1C(=O)OCC(=O)c1cc(C)n(-c2cccc(C(F)(F)F)c2)c1C. The fourth-order valence-electron chi connectivity index (χ4n) is 3.95. The minimum Gasteiger partial charge on any atom is -0.454 e. The van der Waals surface area contributed by atoms with Gasteiger partial charge in [-0.15, -0.1) is 0 Å². The summed E-state index contributed by atoms with van der Waals surface area (Å²) in [6.07, 6.45) is -4.49. The Labute approximate surface area is 198 Å². The molecule has 0 spiro atoms. The van der Waals surface area contributed by atoms with Crippen molar-refractivity contribution in [3.63, 3.8) is 0 Å². The van der Waals surface area contributed by atoms with Crippen LogP contribution in [0.3, 0.4) is 0 Å². The highest BCUT2D eigenvalue weighted by Crippen LogP contribution is 2.32. The van der Waals surface area contributed by atoms with E-state index >= 15 is 0 Å². The molecule has 0 saturated heterocycles. The summed E-state index contributed by atoms with van der Waals surface area (Å²) in [4.78, 5) is 25.7. The van der Waals surface area contributed by atoms with E-state index in [0.29, 0.717) is 22.6 Å². The monoisotopic (exact) mass is 482 g/mol. The second-order valence-corrected chi connectivity index (χ2v) is 8.00. The van der Waals surface area contributed by atoms with Crippen molar-refractivity contribution < 1.29 is 32.0 Å². The number of nitrogens with zero attached hydrogens (tertiary/aromatic N) is 2. The van der Waals surface area contributed by atoms with Crippen LogP contribution in [0.5, 0.6) is 0 Å². The largest absolute Gasteiger partial charge is 0.454 e. The summed E-state index contributed by atoms with van der Waals surface area (Å²) in [5.41, 5.74) is 1.83. The zero-order chi connectivity index (χ0) is 25.3. The molecule has 2 aromatic heterocycles. The number of halogens is 3. The number of alkyl halides is 3. The minimum atomic E-state index is -4.49. The number of carbonyl (C=O) groups is 2. The van der Waals surface area contributed by atoms with Gasteiger partial charge in [0.1, 0.15) is 17.0 Å². The molecular formula is C26H21F3N2O4. The zero-order valence-electron chi connectivity index (χ0n) is 19.1. The molecule has 4 rings (SSSR count). The van der Waals surface area contributed by atoms with E-state index in [-0.39, 0.29) is 22.6 Å². The highest BCUT2D eigenvalue weighted by molar-refractivity contribution is 6.02. The van der Waals surface area contributed by atoms with E-state index in [2.05, 4.69) is 5.16 Å². The Kier molecular flexibility index (Phi) is 6.34. The quantitative estimate of drug-likeness (QED) is 0.245. The number of aryl methyl sites for hydroxylation is 2.